The number of aliphatic carboxylic acids is 1. The molecule has 0 heterocycles. The van der Waals surface area contributed by atoms with Gasteiger partial charge in [-0.25, -0.2) is 0 Å². The SMILES string of the molecule is CC1=C/C(C)CCC(=C\C(C)CCCC(=O)O)/C=C\1C(C)C. The molecule has 0 fully saturated rings. The molecule has 1 rings (SSSR count). The second kappa shape index (κ2) is 8.97. The lowest BCUT2D eigenvalue weighted by molar-refractivity contribution is -0.137. The van der Waals surface area contributed by atoms with E-state index in [1.807, 2.05) is 0 Å². The van der Waals surface area contributed by atoms with Crippen molar-refractivity contribution in [1.82, 2.24) is 0 Å². The van der Waals surface area contributed by atoms with Crippen molar-refractivity contribution in [3.05, 3.63) is 34.9 Å². The maximum absolute atomic E-state index is 10.6. The summed E-state index contributed by atoms with van der Waals surface area (Å²) < 4.78 is 0. The van der Waals surface area contributed by atoms with Crippen LogP contribution in [0.1, 0.15) is 66.7 Å². The Kier molecular flexibility index (Phi) is 7.64. The van der Waals surface area contributed by atoms with Gasteiger partial charge in [0.25, 0.3) is 0 Å². The summed E-state index contributed by atoms with van der Waals surface area (Å²) in [6.45, 7) is 11.2. The summed E-state index contributed by atoms with van der Waals surface area (Å²) in [4.78, 5) is 10.6. The highest BCUT2D eigenvalue weighted by molar-refractivity contribution is 5.66. The molecule has 0 radical (unpaired) electrons. The molecule has 2 heteroatoms. The Labute approximate surface area is 136 Å². The molecule has 0 aromatic rings. The van der Waals surface area contributed by atoms with Crippen molar-refractivity contribution in [2.45, 2.75) is 66.7 Å². The van der Waals surface area contributed by atoms with Gasteiger partial charge in [-0.3, -0.25) is 4.79 Å². The van der Waals surface area contributed by atoms with E-state index >= 15 is 0 Å². The molecule has 0 aromatic carbocycles. The second-order valence-corrected chi connectivity index (χ2v) is 7.12. The molecule has 0 bridgehead atoms. The lowest BCUT2D eigenvalue weighted by atomic mass is 9.85. The van der Waals surface area contributed by atoms with Crippen LogP contribution >= 0.6 is 0 Å². The third-order valence-corrected chi connectivity index (χ3v) is 4.39. The molecule has 1 aliphatic carbocycles. The molecule has 2 atom stereocenters. The molecule has 1 N–H and O–H groups in total. The third kappa shape index (κ3) is 6.64. The van der Waals surface area contributed by atoms with Gasteiger partial charge in [0.1, 0.15) is 0 Å². The highest BCUT2D eigenvalue weighted by atomic mass is 16.4. The van der Waals surface area contributed by atoms with Gasteiger partial charge in [-0.05, 0) is 55.9 Å². The molecule has 22 heavy (non-hydrogen) atoms. The Balaban J connectivity index is 2.86. The summed E-state index contributed by atoms with van der Waals surface area (Å²) in [5.41, 5.74) is 4.27. The molecular weight excluding hydrogens is 272 g/mol. The molecule has 124 valence electrons. The predicted molar refractivity (Wildman–Crippen MR) is 93.8 cm³/mol. The molecule has 0 saturated carbocycles. The van der Waals surface area contributed by atoms with Crippen LogP contribution in [-0.2, 0) is 4.79 Å². The molecule has 2 unspecified atom stereocenters. The van der Waals surface area contributed by atoms with Crippen molar-refractivity contribution in [1.29, 1.82) is 0 Å². The minimum atomic E-state index is -0.692. The van der Waals surface area contributed by atoms with Gasteiger partial charge in [-0.2, -0.15) is 0 Å². The van der Waals surface area contributed by atoms with Crippen LogP contribution < -0.4 is 0 Å². The lowest BCUT2D eigenvalue weighted by Crippen LogP contribution is -2.04. The zero-order valence-corrected chi connectivity index (χ0v) is 14.9. The van der Waals surface area contributed by atoms with Gasteiger partial charge in [0.05, 0.1) is 0 Å². The molecular formula is C20H32O2. The molecule has 1 aliphatic rings. The van der Waals surface area contributed by atoms with E-state index in [0.29, 0.717) is 17.8 Å². The van der Waals surface area contributed by atoms with E-state index in [-0.39, 0.29) is 6.42 Å². The first kappa shape index (κ1) is 18.7. The van der Waals surface area contributed by atoms with Crippen molar-refractivity contribution in [3.63, 3.8) is 0 Å². The first-order valence-electron chi connectivity index (χ1n) is 8.62. The zero-order valence-electron chi connectivity index (χ0n) is 14.9. The van der Waals surface area contributed by atoms with Crippen molar-refractivity contribution in [2.24, 2.45) is 17.8 Å². The standard InChI is InChI=1S/C20H32O2/c1-14(2)19-13-18(10-9-16(4)11-17(19)5)12-15(3)7-6-8-20(21)22/h11-16H,6-10H2,1-5H3,(H,21,22)/b17-11-,18-12+,19-13-. The van der Waals surface area contributed by atoms with Gasteiger partial charge in [0.2, 0.25) is 0 Å². The number of carboxylic acids is 1. The Morgan fingerprint density at radius 2 is 2.09 bits per heavy atom. The minimum Gasteiger partial charge on any atom is -0.481 e. The van der Waals surface area contributed by atoms with E-state index < -0.39 is 5.97 Å². The number of rotatable bonds is 6. The fourth-order valence-corrected chi connectivity index (χ4v) is 3.16. The fourth-order valence-electron chi connectivity index (χ4n) is 3.16. The smallest absolute Gasteiger partial charge is 0.303 e. The molecule has 0 amide bonds. The quantitative estimate of drug-likeness (QED) is 0.677. The topological polar surface area (TPSA) is 37.3 Å². The average molecular weight is 304 g/mol. The second-order valence-electron chi connectivity index (χ2n) is 7.12. The Morgan fingerprint density at radius 3 is 2.68 bits per heavy atom. The van der Waals surface area contributed by atoms with Crippen LogP contribution in [0.4, 0.5) is 0 Å². The van der Waals surface area contributed by atoms with E-state index in [0.717, 1.165) is 19.3 Å². The van der Waals surface area contributed by atoms with Crippen molar-refractivity contribution < 1.29 is 9.90 Å². The van der Waals surface area contributed by atoms with E-state index in [2.05, 4.69) is 52.8 Å². The van der Waals surface area contributed by atoms with Gasteiger partial charge in [0.15, 0.2) is 0 Å². The highest BCUT2D eigenvalue weighted by Crippen LogP contribution is 2.29. The van der Waals surface area contributed by atoms with E-state index in [9.17, 15) is 4.79 Å². The first-order chi connectivity index (χ1) is 10.3. The predicted octanol–water partition coefficient (Wildman–Crippen LogP) is 5.76. The number of hydrogen-bond acceptors (Lipinski definition) is 1. The number of allylic oxidation sites excluding steroid dienone is 6. The highest BCUT2D eigenvalue weighted by Gasteiger charge is 2.13. The van der Waals surface area contributed by atoms with Gasteiger partial charge in [-0.15, -0.1) is 0 Å². The van der Waals surface area contributed by atoms with E-state index in [1.54, 1.807) is 0 Å². The molecule has 2 nitrogen and oxygen atoms in total. The van der Waals surface area contributed by atoms with Gasteiger partial charge in [0, 0.05) is 6.42 Å². The molecule has 0 spiro atoms. The molecule has 0 aliphatic heterocycles. The van der Waals surface area contributed by atoms with Crippen molar-refractivity contribution >= 4 is 5.97 Å². The van der Waals surface area contributed by atoms with Gasteiger partial charge < -0.3 is 5.11 Å². The van der Waals surface area contributed by atoms with E-state index in [4.69, 9.17) is 5.11 Å². The average Bonchev–Trinajstić information content (AvgIpc) is 2.39. The fraction of sp³-hybridized carbons (Fsp3) is 0.650. The third-order valence-electron chi connectivity index (χ3n) is 4.39. The summed E-state index contributed by atoms with van der Waals surface area (Å²) in [6.07, 6.45) is 11.4. The minimum absolute atomic E-state index is 0.277. The van der Waals surface area contributed by atoms with Crippen LogP contribution in [0.25, 0.3) is 0 Å². The van der Waals surface area contributed by atoms with Crippen LogP contribution in [0.15, 0.2) is 34.9 Å². The first-order valence-corrected chi connectivity index (χ1v) is 8.62. The largest absolute Gasteiger partial charge is 0.481 e. The number of hydrogen-bond donors (Lipinski definition) is 1. The summed E-state index contributed by atoms with van der Waals surface area (Å²) >= 11 is 0. The normalized spacial score (nSPS) is 27.5. The van der Waals surface area contributed by atoms with Crippen LogP contribution in [0.3, 0.4) is 0 Å². The van der Waals surface area contributed by atoms with Crippen LogP contribution in [0.5, 0.6) is 0 Å². The Bertz CT molecular complexity index is 466. The maximum Gasteiger partial charge on any atom is 0.303 e. The van der Waals surface area contributed by atoms with Crippen molar-refractivity contribution in [3.8, 4) is 0 Å². The summed E-state index contributed by atoms with van der Waals surface area (Å²) in [6, 6.07) is 0. The number of carbonyl (C=O) groups is 1. The molecule has 0 saturated heterocycles. The zero-order chi connectivity index (χ0) is 16.7. The van der Waals surface area contributed by atoms with E-state index in [1.165, 1.54) is 23.1 Å². The Hall–Kier alpha value is -1.31. The summed E-state index contributed by atoms with van der Waals surface area (Å²) in [7, 11) is 0. The summed E-state index contributed by atoms with van der Waals surface area (Å²) in [5.74, 6) is 0.904. The Morgan fingerprint density at radius 1 is 1.41 bits per heavy atom. The maximum atomic E-state index is 10.6. The van der Waals surface area contributed by atoms with Crippen LogP contribution in [0, 0.1) is 17.8 Å². The molecule has 0 aromatic heterocycles. The number of carboxylic acid groups (broad SMARTS) is 1. The van der Waals surface area contributed by atoms with Gasteiger partial charge >= 0.3 is 5.97 Å². The van der Waals surface area contributed by atoms with Gasteiger partial charge in [-0.1, -0.05) is 57.1 Å². The van der Waals surface area contributed by atoms with Crippen LogP contribution in [-0.4, -0.2) is 11.1 Å². The van der Waals surface area contributed by atoms with Crippen LogP contribution in [0.2, 0.25) is 0 Å². The lowest BCUT2D eigenvalue weighted by Gasteiger charge is -2.20. The van der Waals surface area contributed by atoms with Crippen molar-refractivity contribution in [2.75, 3.05) is 0 Å². The monoisotopic (exact) mass is 304 g/mol. The summed E-state index contributed by atoms with van der Waals surface area (Å²) in [5, 5.41) is 8.74.